The number of nitrogens with two attached hydrogens (primary N) is 1. The van der Waals surface area contributed by atoms with Gasteiger partial charge in [-0.2, -0.15) is 0 Å². The van der Waals surface area contributed by atoms with Crippen molar-refractivity contribution in [2.24, 2.45) is 5.73 Å². The minimum Gasteiger partial charge on any atom is -0.491 e. The van der Waals surface area contributed by atoms with Gasteiger partial charge in [0, 0.05) is 51.0 Å². The molecular weight excluding hydrogens is 252 g/mol. The summed E-state index contributed by atoms with van der Waals surface area (Å²) in [5.41, 5.74) is 7.18. The second-order valence-corrected chi connectivity index (χ2v) is 5.53. The van der Waals surface area contributed by atoms with Gasteiger partial charge in [0.15, 0.2) is 0 Å². The first-order valence-corrected chi connectivity index (χ1v) is 7.45. The summed E-state index contributed by atoms with van der Waals surface area (Å²) in [6.07, 6.45) is 3.20. The van der Waals surface area contributed by atoms with E-state index in [1.807, 2.05) is 6.07 Å². The second kappa shape index (κ2) is 7.50. The topological polar surface area (TPSA) is 47.7 Å². The normalized spacial score (nSPS) is 18.1. The summed E-state index contributed by atoms with van der Waals surface area (Å²) in [4.78, 5) is 2.38. The molecule has 1 heterocycles. The lowest BCUT2D eigenvalue weighted by atomic mass is 10.1. The molecule has 20 heavy (non-hydrogen) atoms. The van der Waals surface area contributed by atoms with Gasteiger partial charge in [0.25, 0.3) is 0 Å². The molecule has 112 valence electrons. The van der Waals surface area contributed by atoms with Crippen LogP contribution in [0.2, 0.25) is 0 Å². The number of nitrogens with zero attached hydrogens (tertiary/aromatic N) is 1. The van der Waals surface area contributed by atoms with Gasteiger partial charge in [-0.3, -0.25) is 0 Å². The van der Waals surface area contributed by atoms with Crippen LogP contribution in [0.3, 0.4) is 0 Å². The number of methoxy groups -OCH3 is 1. The smallest absolute Gasteiger partial charge is 0.121 e. The second-order valence-electron chi connectivity index (χ2n) is 5.53. The average molecular weight is 278 g/mol. The molecule has 1 saturated heterocycles. The monoisotopic (exact) mass is 278 g/mol. The van der Waals surface area contributed by atoms with Gasteiger partial charge < -0.3 is 20.1 Å². The van der Waals surface area contributed by atoms with Gasteiger partial charge in [0.05, 0.1) is 6.10 Å². The number of ether oxygens (including phenoxy) is 2. The molecule has 1 atom stereocenters. The Hall–Kier alpha value is -1.26. The standard InChI is InChI=1S/C16H26N2O2/c1-13(8-11-19-2)20-16-5-3-4-15(12-16)18-9-6-14(17)7-10-18/h3-5,12-14H,6-11,17H2,1-2H3. The highest BCUT2D eigenvalue weighted by Crippen LogP contribution is 2.24. The Labute approximate surface area is 121 Å². The molecule has 4 nitrogen and oxygen atoms in total. The minimum atomic E-state index is 0.167. The van der Waals surface area contributed by atoms with Crippen molar-refractivity contribution in [2.45, 2.75) is 38.3 Å². The quantitative estimate of drug-likeness (QED) is 0.868. The molecule has 0 amide bonds. The summed E-state index contributed by atoms with van der Waals surface area (Å²) < 4.78 is 11.0. The Balaban J connectivity index is 1.93. The third-order valence-corrected chi connectivity index (χ3v) is 3.79. The van der Waals surface area contributed by atoms with Crippen LogP contribution in [0.4, 0.5) is 5.69 Å². The van der Waals surface area contributed by atoms with Gasteiger partial charge in [0.1, 0.15) is 5.75 Å². The maximum absolute atomic E-state index is 5.95. The van der Waals surface area contributed by atoms with Gasteiger partial charge >= 0.3 is 0 Å². The molecule has 0 radical (unpaired) electrons. The summed E-state index contributed by atoms with van der Waals surface area (Å²) in [6, 6.07) is 8.70. The zero-order chi connectivity index (χ0) is 14.4. The van der Waals surface area contributed by atoms with Crippen LogP contribution in [-0.4, -0.2) is 39.0 Å². The molecule has 4 heteroatoms. The average Bonchev–Trinajstić information content (AvgIpc) is 2.46. The van der Waals surface area contributed by atoms with E-state index in [1.165, 1.54) is 5.69 Å². The molecule has 0 saturated carbocycles. The highest BCUT2D eigenvalue weighted by atomic mass is 16.5. The van der Waals surface area contributed by atoms with Gasteiger partial charge in [-0.05, 0) is 31.9 Å². The van der Waals surface area contributed by atoms with Crippen LogP contribution in [0, 0.1) is 0 Å². The van der Waals surface area contributed by atoms with Crippen LogP contribution in [0.5, 0.6) is 5.75 Å². The molecule has 1 fully saturated rings. The lowest BCUT2D eigenvalue weighted by Crippen LogP contribution is -2.39. The minimum absolute atomic E-state index is 0.167. The molecule has 1 unspecified atom stereocenters. The Morgan fingerprint density at radius 2 is 2.10 bits per heavy atom. The molecule has 1 aromatic carbocycles. The Morgan fingerprint density at radius 3 is 2.80 bits per heavy atom. The SMILES string of the molecule is COCCC(C)Oc1cccc(N2CCC(N)CC2)c1. The van der Waals surface area contributed by atoms with Crippen LogP contribution < -0.4 is 15.4 Å². The zero-order valence-electron chi connectivity index (χ0n) is 12.5. The van der Waals surface area contributed by atoms with E-state index in [0.717, 1.165) is 44.7 Å². The van der Waals surface area contributed by atoms with E-state index in [1.54, 1.807) is 7.11 Å². The van der Waals surface area contributed by atoms with Crippen LogP contribution >= 0.6 is 0 Å². The molecule has 2 rings (SSSR count). The number of hydrogen-bond donors (Lipinski definition) is 1. The van der Waals surface area contributed by atoms with E-state index >= 15 is 0 Å². The van der Waals surface area contributed by atoms with Crippen molar-refractivity contribution in [2.75, 3.05) is 31.7 Å². The predicted molar refractivity (Wildman–Crippen MR) is 82.4 cm³/mol. The Bertz CT molecular complexity index is 403. The molecule has 1 aliphatic heterocycles. The number of benzene rings is 1. The summed E-state index contributed by atoms with van der Waals surface area (Å²) in [5.74, 6) is 0.931. The van der Waals surface area contributed by atoms with Crippen molar-refractivity contribution >= 4 is 5.69 Å². The number of rotatable bonds is 6. The van der Waals surface area contributed by atoms with Crippen molar-refractivity contribution < 1.29 is 9.47 Å². The maximum atomic E-state index is 5.95. The summed E-state index contributed by atoms with van der Waals surface area (Å²) >= 11 is 0. The Kier molecular flexibility index (Phi) is 5.68. The van der Waals surface area contributed by atoms with Crippen molar-refractivity contribution in [3.05, 3.63) is 24.3 Å². The van der Waals surface area contributed by atoms with Gasteiger partial charge in [-0.25, -0.2) is 0 Å². The molecule has 1 aliphatic rings. The molecule has 0 bridgehead atoms. The van der Waals surface area contributed by atoms with Gasteiger partial charge in [-0.15, -0.1) is 0 Å². The largest absolute Gasteiger partial charge is 0.491 e. The fourth-order valence-electron chi connectivity index (χ4n) is 2.49. The van der Waals surface area contributed by atoms with E-state index in [-0.39, 0.29) is 6.10 Å². The van der Waals surface area contributed by atoms with Crippen LogP contribution in [0.25, 0.3) is 0 Å². The highest BCUT2D eigenvalue weighted by molar-refractivity contribution is 5.51. The van der Waals surface area contributed by atoms with E-state index in [9.17, 15) is 0 Å². The third-order valence-electron chi connectivity index (χ3n) is 3.79. The summed E-state index contributed by atoms with van der Waals surface area (Å²) in [5, 5.41) is 0. The molecule has 1 aromatic rings. The molecule has 0 aliphatic carbocycles. The number of hydrogen-bond acceptors (Lipinski definition) is 4. The van der Waals surface area contributed by atoms with Crippen molar-refractivity contribution in [3.63, 3.8) is 0 Å². The lowest BCUT2D eigenvalue weighted by Gasteiger charge is -2.32. The van der Waals surface area contributed by atoms with Crippen molar-refractivity contribution in [3.8, 4) is 5.75 Å². The lowest BCUT2D eigenvalue weighted by molar-refractivity contribution is 0.135. The zero-order valence-corrected chi connectivity index (χ0v) is 12.5. The van der Waals surface area contributed by atoms with Crippen LogP contribution in [0.15, 0.2) is 24.3 Å². The maximum Gasteiger partial charge on any atom is 0.121 e. The fraction of sp³-hybridized carbons (Fsp3) is 0.625. The molecule has 0 aromatic heterocycles. The predicted octanol–water partition coefficient (Wildman–Crippen LogP) is 2.42. The molecule has 2 N–H and O–H groups in total. The third kappa shape index (κ3) is 4.39. The van der Waals surface area contributed by atoms with Crippen LogP contribution in [-0.2, 0) is 4.74 Å². The molecular formula is C16H26N2O2. The van der Waals surface area contributed by atoms with E-state index < -0.39 is 0 Å². The van der Waals surface area contributed by atoms with E-state index in [4.69, 9.17) is 15.2 Å². The van der Waals surface area contributed by atoms with Crippen LogP contribution in [0.1, 0.15) is 26.2 Å². The summed E-state index contributed by atoms with van der Waals surface area (Å²) in [6.45, 7) is 4.87. The molecule has 0 spiro atoms. The number of anilines is 1. The van der Waals surface area contributed by atoms with E-state index in [0.29, 0.717) is 6.04 Å². The Morgan fingerprint density at radius 1 is 1.35 bits per heavy atom. The summed E-state index contributed by atoms with van der Waals surface area (Å²) in [7, 11) is 1.72. The van der Waals surface area contributed by atoms with Gasteiger partial charge in [0.2, 0.25) is 0 Å². The highest BCUT2D eigenvalue weighted by Gasteiger charge is 2.16. The van der Waals surface area contributed by atoms with Gasteiger partial charge in [-0.1, -0.05) is 6.07 Å². The van der Waals surface area contributed by atoms with Crippen molar-refractivity contribution in [1.29, 1.82) is 0 Å². The van der Waals surface area contributed by atoms with E-state index in [2.05, 4.69) is 30.0 Å². The fourth-order valence-corrected chi connectivity index (χ4v) is 2.49. The first-order valence-electron chi connectivity index (χ1n) is 7.45. The number of piperidine rings is 1. The first-order chi connectivity index (χ1) is 9.69. The first kappa shape index (κ1) is 15.1. The van der Waals surface area contributed by atoms with Crippen molar-refractivity contribution in [1.82, 2.24) is 0 Å².